The van der Waals surface area contributed by atoms with Gasteiger partial charge >= 0.3 is 0 Å². The van der Waals surface area contributed by atoms with Gasteiger partial charge in [0.25, 0.3) is 5.56 Å². The second-order valence-electron chi connectivity index (χ2n) is 6.30. The van der Waals surface area contributed by atoms with Crippen LogP contribution in [0.4, 0.5) is 17.2 Å². The summed E-state index contributed by atoms with van der Waals surface area (Å²) in [5, 5.41) is 3.30. The molecular formula is C20H22N4O2. The van der Waals surface area contributed by atoms with Crippen LogP contribution in [-0.2, 0) is 11.2 Å². The average molecular weight is 350 g/mol. The van der Waals surface area contributed by atoms with Gasteiger partial charge in [0, 0.05) is 36.7 Å². The van der Waals surface area contributed by atoms with Gasteiger partial charge in [-0.1, -0.05) is 25.1 Å². The van der Waals surface area contributed by atoms with E-state index in [1.54, 1.807) is 4.40 Å². The second kappa shape index (κ2) is 7.17. The van der Waals surface area contributed by atoms with Crippen molar-refractivity contribution in [2.45, 2.75) is 13.3 Å². The highest BCUT2D eigenvalue weighted by Crippen LogP contribution is 2.21. The van der Waals surface area contributed by atoms with Gasteiger partial charge < -0.3 is 15.0 Å². The quantitative estimate of drug-likeness (QED) is 0.784. The lowest BCUT2D eigenvalue weighted by Crippen LogP contribution is -2.36. The van der Waals surface area contributed by atoms with Gasteiger partial charge in [-0.3, -0.25) is 9.20 Å². The molecule has 6 heteroatoms. The number of nitrogens with one attached hydrogen (secondary N) is 1. The van der Waals surface area contributed by atoms with Crippen LogP contribution in [0.5, 0.6) is 0 Å². The zero-order valence-corrected chi connectivity index (χ0v) is 14.8. The number of benzene rings is 1. The topological polar surface area (TPSA) is 58.9 Å². The summed E-state index contributed by atoms with van der Waals surface area (Å²) in [6, 6.07) is 13.8. The number of rotatable bonds is 4. The highest BCUT2D eigenvalue weighted by atomic mass is 16.5. The van der Waals surface area contributed by atoms with Gasteiger partial charge in [-0.25, -0.2) is 4.98 Å². The van der Waals surface area contributed by atoms with Gasteiger partial charge in [0.15, 0.2) is 0 Å². The number of pyridine rings is 1. The number of fused-ring (bicyclic) bond motifs is 1. The zero-order valence-electron chi connectivity index (χ0n) is 14.8. The van der Waals surface area contributed by atoms with Crippen molar-refractivity contribution >= 4 is 22.8 Å². The van der Waals surface area contributed by atoms with E-state index >= 15 is 0 Å². The van der Waals surface area contributed by atoms with E-state index < -0.39 is 0 Å². The standard InChI is InChI=1S/C20H22N4O2/c1-2-17-19(21-15-6-4-3-5-7-15)22-18-14-16(8-9-24(18)20(17)25)23-10-12-26-13-11-23/h3-9,14,21H,2,10-13H2,1H3. The maximum absolute atomic E-state index is 12.9. The Morgan fingerprint density at radius 2 is 1.92 bits per heavy atom. The fourth-order valence-electron chi connectivity index (χ4n) is 3.26. The third-order valence-corrected chi connectivity index (χ3v) is 4.67. The number of anilines is 3. The van der Waals surface area contributed by atoms with Gasteiger partial charge in [-0.2, -0.15) is 0 Å². The molecule has 0 aliphatic carbocycles. The van der Waals surface area contributed by atoms with Crippen molar-refractivity contribution in [2.75, 3.05) is 36.5 Å². The summed E-state index contributed by atoms with van der Waals surface area (Å²) >= 11 is 0. The zero-order chi connectivity index (χ0) is 17.9. The van der Waals surface area contributed by atoms with Gasteiger partial charge in [-0.15, -0.1) is 0 Å². The summed E-state index contributed by atoms with van der Waals surface area (Å²) in [5.74, 6) is 0.628. The molecule has 3 heterocycles. The lowest BCUT2D eigenvalue weighted by Gasteiger charge is -2.29. The molecule has 0 bridgehead atoms. The summed E-state index contributed by atoms with van der Waals surface area (Å²) in [6.45, 7) is 5.12. The molecule has 1 aliphatic rings. The Morgan fingerprint density at radius 1 is 1.15 bits per heavy atom. The molecule has 4 rings (SSSR count). The molecule has 0 amide bonds. The number of nitrogens with zero attached hydrogens (tertiary/aromatic N) is 3. The van der Waals surface area contributed by atoms with Gasteiger partial charge in [-0.05, 0) is 24.6 Å². The van der Waals surface area contributed by atoms with Gasteiger partial charge in [0.2, 0.25) is 0 Å². The van der Waals surface area contributed by atoms with E-state index in [4.69, 9.17) is 9.72 Å². The maximum atomic E-state index is 12.9. The number of aromatic nitrogens is 2. The highest BCUT2D eigenvalue weighted by Gasteiger charge is 2.15. The van der Waals surface area contributed by atoms with E-state index in [9.17, 15) is 4.79 Å². The first-order valence-corrected chi connectivity index (χ1v) is 8.96. The van der Waals surface area contributed by atoms with Crippen LogP contribution in [0.15, 0.2) is 53.5 Å². The van der Waals surface area contributed by atoms with Crippen molar-refractivity contribution in [3.05, 3.63) is 64.6 Å². The van der Waals surface area contributed by atoms with Crippen LogP contribution in [0.1, 0.15) is 12.5 Å². The lowest BCUT2D eigenvalue weighted by molar-refractivity contribution is 0.122. The number of morpholine rings is 1. The first kappa shape index (κ1) is 16.6. The van der Waals surface area contributed by atoms with Gasteiger partial charge in [0.1, 0.15) is 11.5 Å². The van der Waals surface area contributed by atoms with Crippen molar-refractivity contribution in [1.29, 1.82) is 0 Å². The van der Waals surface area contributed by atoms with E-state index in [1.165, 1.54) is 0 Å². The van der Waals surface area contributed by atoms with Crippen LogP contribution >= 0.6 is 0 Å². The summed E-state index contributed by atoms with van der Waals surface area (Å²) in [7, 11) is 0. The summed E-state index contributed by atoms with van der Waals surface area (Å²) < 4.78 is 7.05. The van der Waals surface area contributed by atoms with Crippen LogP contribution in [0, 0.1) is 0 Å². The molecule has 1 N–H and O–H groups in total. The number of hydrogen-bond donors (Lipinski definition) is 1. The van der Waals surface area contributed by atoms with Gasteiger partial charge in [0.05, 0.1) is 18.8 Å². The van der Waals surface area contributed by atoms with E-state index in [1.807, 2.05) is 55.6 Å². The predicted octanol–water partition coefficient (Wildman–Crippen LogP) is 2.84. The fourth-order valence-corrected chi connectivity index (χ4v) is 3.26. The molecule has 0 unspecified atom stereocenters. The van der Waals surface area contributed by atoms with Crippen molar-refractivity contribution in [2.24, 2.45) is 0 Å². The molecule has 1 aromatic carbocycles. The van der Waals surface area contributed by atoms with Crippen LogP contribution in [0.2, 0.25) is 0 Å². The molecule has 134 valence electrons. The Bertz CT molecular complexity index is 963. The van der Waals surface area contributed by atoms with Crippen LogP contribution in [0.25, 0.3) is 5.65 Å². The molecule has 0 radical (unpaired) electrons. The largest absolute Gasteiger partial charge is 0.378 e. The van der Waals surface area contributed by atoms with E-state index in [0.29, 0.717) is 23.4 Å². The molecule has 1 fully saturated rings. The molecule has 2 aromatic heterocycles. The maximum Gasteiger partial charge on any atom is 0.263 e. The molecule has 26 heavy (non-hydrogen) atoms. The average Bonchev–Trinajstić information content (AvgIpc) is 2.69. The molecule has 6 nitrogen and oxygen atoms in total. The van der Waals surface area contributed by atoms with Crippen molar-refractivity contribution < 1.29 is 4.74 Å². The number of para-hydroxylation sites is 1. The normalized spacial score (nSPS) is 14.6. The minimum absolute atomic E-state index is 0.0236. The Morgan fingerprint density at radius 3 is 2.65 bits per heavy atom. The Hall–Kier alpha value is -2.86. The fraction of sp³-hybridized carbons (Fsp3) is 0.300. The Balaban J connectivity index is 1.78. The molecule has 0 saturated carbocycles. The first-order chi connectivity index (χ1) is 12.8. The van der Waals surface area contributed by atoms with Crippen LogP contribution in [0.3, 0.4) is 0 Å². The number of ether oxygens (including phenoxy) is 1. The van der Waals surface area contributed by atoms with E-state index in [2.05, 4.69) is 10.2 Å². The van der Waals surface area contributed by atoms with Crippen LogP contribution < -0.4 is 15.8 Å². The molecule has 3 aromatic rings. The highest BCUT2D eigenvalue weighted by molar-refractivity contribution is 5.64. The molecular weight excluding hydrogens is 328 g/mol. The minimum Gasteiger partial charge on any atom is -0.378 e. The third kappa shape index (κ3) is 3.15. The predicted molar refractivity (Wildman–Crippen MR) is 104 cm³/mol. The van der Waals surface area contributed by atoms with Crippen molar-refractivity contribution in [3.63, 3.8) is 0 Å². The molecule has 1 saturated heterocycles. The lowest BCUT2D eigenvalue weighted by atomic mass is 10.2. The second-order valence-corrected chi connectivity index (χ2v) is 6.30. The summed E-state index contributed by atoms with van der Waals surface area (Å²) in [5.41, 5.74) is 3.29. The van der Waals surface area contributed by atoms with E-state index in [-0.39, 0.29) is 5.56 Å². The third-order valence-electron chi connectivity index (χ3n) is 4.67. The van der Waals surface area contributed by atoms with Crippen LogP contribution in [-0.4, -0.2) is 35.7 Å². The Kier molecular flexibility index (Phi) is 4.58. The smallest absolute Gasteiger partial charge is 0.263 e. The summed E-state index contributed by atoms with van der Waals surface area (Å²) in [4.78, 5) is 19.9. The number of hydrogen-bond acceptors (Lipinski definition) is 5. The summed E-state index contributed by atoms with van der Waals surface area (Å²) in [6.07, 6.45) is 2.44. The first-order valence-electron chi connectivity index (χ1n) is 8.96. The molecule has 0 atom stereocenters. The van der Waals surface area contributed by atoms with Crippen molar-refractivity contribution in [3.8, 4) is 0 Å². The van der Waals surface area contributed by atoms with E-state index in [0.717, 1.165) is 37.7 Å². The van der Waals surface area contributed by atoms with Crippen molar-refractivity contribution in [1.82, 2.24) is 9.38 Å². The monoisotopic (exact) mass is 350 g/mol. The minimum atomic E-state index is -0.0236. The molecule has 0 spiro atoms. The molecule has 1 aliphatic heterocycles. The SMILES string of the molecule is CCc1c(Nc2ccccc2)nc2cc(N3CCOCC3)ccn2c1=O. The Labute approximate surface area is 152 Å².